The monoisotopic (exact) mass is 228 g/mol. The van der Waals surface area contributed by atoms with Crippen molar-refractivity contribution in [3.63, 3.8) is 0 Å². The second-order valence-corrected chi connectivity index (χ2v) is 5.71. The quantitative estimate of drug-likeness (QED) is 0.608. The van der Waals surface area contributed by atoms with Crippen molar-refractivity contribution in [3.05, 3.63) is 0 Å². The molecule has 1 aliphatic rings. The highest BCUT2D eigenvalue weighted by Crippen LogP contribution is 2.24. The number of ether oxygens (including phenoxy) is 1. The topological polar surface area (TPSA) is 24.5 Å². The number of rotatable bonds is 9. The van der Waals surface area contributed by atoms with Crippen LogP contribution in [0, 0.1) is 5.41 Å². The molecule has 1 saturated carbocycles. The van der Waals surface area contributed by atoms with E-state index in [2.05, 4.69) is 38.0 Å². The summed E-state index contributed by atoms with van der Waals surface area (Å²) in [7, 11) is 2.20. The first-order chi connectivity index (χ1) is 7.55. The van der Waals surface area contributed by atoms with E-state index in [0.29, 0.717) is 0 Å². The van der Waals surface area contributed by atoms with E-state index in [1.165, 1.54) is 12.8 Å². The van der Waals surface area contributed by atoms with Gasteiger partial charge >= 0.3 is 0 Å². The molecule has 0 spiro atoms. The van der Waals surface area contributed by atoms with Crippen LogP contribution in [0.2, 0.25) is 0 Å². The Balaban J connectivity index is 2.00. The average Bonchev–Trinajstić information content (AvgIpc) is 3.05. The van der Waals surface area contributed by atoms with E-state index in [9.17, 15) is 0 Å². The zero-order valence-electron chi connectivity index (χ0n) is 11.4. The molecule has 0 aromatic heterocycles. The van der Waals surface area contributed by atoms with Crippen LogP contribution in [-0.4, -0.2) is 50.8 Å². The summed E-state index contributed by atoms with van der Waals surface area (Å²) in [6.07, 6.45) is 2.75. The molecule has 16 heavy (non-hydrogen) atoms. The minimum atomic E-state index is 0.244. The van der Waals surface area contributed by atoms with Crippen LogP contribution >= 0.6 is 0 Å². The molecule has 3 nitrogen and oxygen atoms in total. The van der Waals surface area contributed by atoms with Crippen LogP contribution in [0.15, 0.2) is 0 Å². The summed E-state index contributed by atoms with van der Waals surface area (Å²) < 4.78 is 5.76. The molecule has 1 fully saturated rings. The fraction of sp³-hybridized carbons (Fsp3) is 1.00. The highest BCUT2D eigenvalue weighted by Gasteiger charge is 2.25. The molecule has 0 amide bonds. The third-order valence-corrected chi connectivity index (χ3v) is 3.10. The zero-order valence-corrected chi connectivity index (χ0v) is 11.4. The van der Waals surface area contributed by atoms with Crippen molar-refractivity contribution in [2.75, 3.05) is 39.9 Å². The SMILES string of the molecule is CCNCC(C)(C)COCCN(C)C1CC1. The van der Waals surface area contributed by atoms with Gasteiger partial charge in [-0.2, -0.15) is 0 Å². The number of likely N-dealkylation sites (N-methyl/N-ethyl adjacent to an activating group) is 1. The number of nitrogens with one attached hydrogen (secondary N) is 1. The molecule has 0 aliphatic heterocycles. The van der Waals surface area contributed by atoms with Gasteiger partial charge in [-0.3, -0.25) is 0 Å². The smallest absolute Gasteiger partial charge is 0.0593 e. The van der Waals surface area contributed by atoms with Gasteiger partial charge in [0, 0.05) is 24.5 Å². The molecule has 0 atom stereocenters. The van der Waals surface area contributed by atoms with Crippen molar-refractivity contribution >= 4 is 0 Å². The molecule has 0 heterocycles. The van der Waals surface area contributed by atoms with E-state index < -0.39 is 0 Å². The summed E-state index contributed by atoms with van der Waals surface area (Å²) in [4.78, 5) is 2.41. The van der Waals surface area contributed by atoms with Gasteiger partial charge in [-0.05, 0) is 26.4 Å². The van der Waals surface area contributed by atoms with Crippen LogP contribution in [0.4, 0.5) is 0 Å². The lowest BCUT2D eigenvalue weighted by Gasteiger charge is -2.25. The van der Waals surface area contributed by atoms with Crippen molar-refractivity contribution in [2.45, 2.75) is 39.7 Å². The van der Waals surface area contributed by atoms with Crippen LogP contribution in [0.5, 0.6) is 0 Å². The molecule has 96 valence electrons. The lowest BCUT2D eigenvalue weighted by atomic mass is 9.95. The largest absolute Gasteiger partial charge is 0.380 e. The maximum atomic E-state index is 5.76. The minimum Gasteiger partial charge on any atom is -0.380 e. The lowest BCUT2D eigenvalue weighted by Crippen LogP contribution is -2.34. The van der Waals surface area contributed by atoms with E-state index in [4.69, 9.17) is 4.74 Å². The van der Waals surface area contributed by atoms with Crippen molar-refractivity contribution in [1.82, 2.24) is 10.2 Å². The second kappa shape index (κ2) is 6.58. The van der Waals surface area contributed by atoms with Crippen molar-refractivity contribution in [1.29, 1.82) is 0 Å². The standard InChI is InChI=1S/C13H28N2O/c1-5-14-10-13(2,3)11-16-9-8-15(4)12-6-7-12/h12,14H,5-11H2,1-4H3. The molecule has 0 unspecified atom stereocenters. The summed E-state index contributed by atoms with van der Waals surface area (Å²) in [5, 5.41) is 3.38. The molecular formula is C13H28N2O. The van der Waals surface area contributed by atoms with Gasteiger partial charge in [0.05, 0.1) is 13.2 Å². The van der Waals surface area contributed by atoms with E-state index in [0.717, 1.165) is 38.9 Å². The lowest BCUT2D eigenvalue weighted by molar-refractivity contribution is 0.0502. The summed E-state index contributed by atoms with van der Waals surface area (Å²) in [5.74, 6) is 0. The average molecular weight is 228 g/mol. The first kappa shape index (κ1) is 13.9. The molecule has 0 aromatic rings. The summed E-state index contributed by atoms with van der Waals surface area (Å²) in [6, 6.07) is 0.846. The maximum absolute atomic E-state index is 5.76. The highest BCUT2D eigenvalue weighted by molar-refractivity contribution is 4.82. The Morgan fingerprint density at radius 3 is 2.62 bits per heavy atom. The fourth-order valence-electron chi connectivity index (χ4n) is 1.77. The van der Waals surface area contributed by atoms with Crippen LogP contribution in [0.1, 0.15) is 33.6 Å². The van der Waals surface area contributed by atoms with Gasteiger partial charge in [-0.25, -0.2) is 0 Å². The van der Waals surface area contributed by atoms with E-state index in [-0.39, 0.29) is 5.41 Å². The normalized spacial score (nSPS) is 17.1. The van der Waals surface area contributed by atoms with Crippen LogP contribution in [-0.2, 0) is 4.74 Å². The first-order valence-electron chi connectivity index (χ1n) is 6.54. The molecule has 0 radical (unpaired) electrons. The molecular weight excluding hydrogens is 200 g/mol. The van der Waals surface area contributed by atoms with Crippen LogP contribution in [0.25, 0.3) is 0 Å². The number of nitrogens with zero attached hydrogens (tertiary/aromatic N) is 1. The molecule has 0 saturated heterocycles. The fourth-order valence-corrected chi connectivity index (χ4v) is 1.77. The van der Waals surface area contributed by atoms with Gasteiger partial charge in [0.15, 0.2) is 0 Å². The van der Waals surface area contributed by atoms with E-state index in [1.807, 2.05) is 0 Å². The predicted octanol–water partition coefficient (Wildman–Crippen LogP) is 1.73. The van der Waals surface area contributed by atoms with Crippen molar-refractivity contribution in [3.8, 4) is 0 Å². The van der Waals surface area contributed by atoms with E-state index in [1.54, 1.807) is 0 Å². The zero-order chi connectivity index (χ0) is 12.0. The number of hydrogen-bond donors (Lipinski definition) is 1. The Labute approximate surface area is 101 Å². The molecule has 0 aromatic carbocycles. The number of hydrogen-bond acceptors (Lipinski definition) is 3. The summed E-state index contributed by atoms with van der Waals surface area (Å²) in [6.45, 7) is 11.5. The Morgan fingerprint density at radius 1 is 1.38 bits per heavy atom. The Bertz CT molecular complexity index is 190. The van der Waals surface area contributed by atoms with Gasteiger partial charge in [0.2, 0.25) is 0 Å². The van der Waals surface area contributed by atoms with Gasteiger partial charge in [0.25, 0.3) is 0 Å². The Hall–Kier alpha value is -0.120. The Morgan fingerprint density at radius 2 is 2.06 bits per heavy atom. The minimum absolute atomic E-state index is 0.244. The van der Waals surface area contributed by atoms with E-state index >= 15 is 0 Å². The van der Waals surface area contributed by atoms with Gasteiger partial charge < -0.3 is 15.0 Å². The summed E-state index contributed by atoms with van der Waals surface area (Å²) in [5.41, 5.74) is 0.244. The van der Waals surface area contributed by atoms with Crippen molar-refractivity contribution < 1.29 is 4.74 Å². The Kier molecular flexibility index (Phi) is 5.73. The summed E-state index contributed by atoms with van der Waals surface area (Å²) >= 11 is 0. The molecule has 0 bridgehead atoms. The van der Waals surface area contributed by atoms with Crippen LogP contribution in [0.3, 0.4) is 0 Å². The second-order valence-electron chi connectivity index (χ2n) is 5.71. The molecule has 1 rings (SSSR count). The van der Waals surface area contributed by atoms with Gasteiger partial charge in [0.1, 0.15) is 0 Å². The first-order valence-corrected chi connectivity index (χ1v) is 6.54. The maximum Gasteiger partial charge on any atom is 0.0593 e. The third kappa shape index (κ3) is 5.83. The molecule has 1 aliphatic carbocycles. The highest BCUT2D eigenvalue weighted by atomic mass is 16.5. The molecule has 1 N–H and O–H groups in total. The van der Waals surface area contributed by atoms with Gasteiger partial charge in [-0.1, -0.05) is 20.8 Å². The van der Waals surface area contributed by atoms with Crippen LogP contribution < -0.4 is 5.32 Å². The van der Waals surface area contributed by atoms with Gasteiger partial charge in [-0.15, -0.1) is 0 Å². The predicted molar refractivity (Wildman–Crippen MR) is 68.8 cm³/mol. The molecule has 3 heteroatoms. The third-order valence-electron chi connectivity index (χ3n) is 3.10. The van der Waals surface area contributed by atoms with Crippen molar-refractivity contribution in [2.24, 2.45) is 5.41 Å².